The van der Waals surface area contributed by atoms with E-state index in [1.807, 2.05) is 12.1 Å². The normalized spacial score (nSPS) is 10.5. The molecule has 2 rings (SSSR count). The van der Waals surface area contributed by atoms with Crippen molar-refractivity contribution in [2.45, 2.75) is 19.4 Å². The van der Waals surface area contributed by atoms with Crippen LogP contribution in [0.4, 0.5) is 8.78 Å². The van der Waals surface area contributed by atoms with Gasteiger partial charge in [0.05, 0.1) is 15.9 Å². The van der Waals surface area contributed by atoms with Crippen molar-refractivity contribution in [1.29, 1.82) is 0 Å². The summed E-state index contributed by atoms with van der Waals surface area (Å²) in [6, 6.07) is 6.61. The molecule has 0 aliphatic heterocycles. The summed E-state index contributed by atoms with van der Waals surface area (Å²) in [6.45, 7) is 0.690. The van der Waals surface area contributed by atoms with Gasteiger partial charge in [0.1, 0.15) is 11.6 Å². The van der Waals surface area contributed by atoms with Gasteiger partial charge in [0.15, 0.2) is 0 Å². The number of amides is 2. The fourth-order valence-electron chi connectivity index (χ4n) is 1.94. The Bertz CT molecular complexity index is 737. The van der Waals surface area contributed by atoms with Crippen LogP contribution in [0.2, 0.25) is 0 Å². The van der Waals surface area contributed by atoms with Crippen LogP contribution < -0.4 is 10.6 Å². The number of carbonyl (C=O) groups is 2. The van der Waals surface area contributed by atoms with Gasteiger partial charge in [-0.1, -0.05) is 0 Å². The van der Waals surface area contributed by atoms with Gasteiger partial charge >= 0.3 is 0 Å². The van der Waals surface area contributed by atoms with E-state index in [0.29, 0.717) is 19.0 Å². The topological polar surface area (TPSA) is 58.2 Å². The van der Waals surface area contributed by atoms with Crippen molar-refractivity contribution in [3.05, 3.63) is 56.2 Å². The fraction of sp³-hybridized carbons (Fsp3) is 0.250. The molecule has 2 N–H and O–H groups in total. The summed E-state index contributed by atoms with van der Waals surface area (Å²) < 4.78 is 27.2. The van der Waals surface area contributed by atoms with Gasteiger partial charge in [-0.15, -0.1) is 11.3 Å². The van der Waals surface area contributed by atoms with Crippen LogP contribution in [0.5, 0.6) is 0 Å². The van der Waals surface area contributed by atoms with Crippen molar-refractivity contribution < 1.29 is 18.4 Å². The Morgan fingerprint density at radius 3 is 2.58 bits per heavy atom. The second-order valence-corrected chi connectivity index (χ2v) is 7.51. The molecule has 0 atom stereocenters. The minimum absolute atomic E-state index is 0.123. The molecule has 0 unspecified atom stereocenters. The predicted molar refractivity (Wildman–Crippen MR) is 91.8 cm³/mol. The highest BCUT2D eigenvalue weighted by Gasteiger charge is 2.12. The van der Waals surface area contributed by atoms with E-state index < -0.39 is 17.5 Å². The Hall–Kier alpha value is -1.80. The maximum atomic E-state index is 13.4. The van der Waals surface area contributed by atoms with Crippen LogP contribution >= 0.6 is 27.3 Å². The predicted octanol–water partition coefficient (Wildman–Crippen LogP) is 3.62. The van der Waals surface area contributed by atoms with Crippen LogP contribution in [0.15, 0.2) is 34.1 Å². The van der Waals surface area contributed by atoms with E-state index in [9.17, 15) is 18.4 Å². The molecule has 1 aromatic heterocycles. The summed E-state index contributed by atoms with van der Waals surface area (Å²) in [4.78, 5) is 24.5. The number of carbonyl (C=O) groups excluding carboxylic acids is 2. The molecule has 0 spiro atoms. The maximum Gasteiger partial charge on any atom is 0.254 e. The SMILES string of the molecule is O=C(CCCNC(=O)c1ccc(F)cc1F)NCc1ccc(Br)s1. The Morgan fingerprint density at radius 2 is 1.92 bits per heavy atom. The zero-order valence-corrected chi connectivity index (χ0v) is 15.0. The van der Waals surface area contributed by atoms with Crippen molar-refractivity contribution in [2.75, 3.05) is 6.54 Å². The van der Waals surface area contributed by atoms with E-state index in [4.69, 9.17) is 0 Å². The van der Waals surface area contributed by atoms with Crippen LogP contribution in [-0.2, 0) is 11.3 Å². The zero-order chi connectivity index (χ0) is 17.5. The molecule has 2 amide bonds. The fourth-order valence-corrected chi connectivity index (χ4v) is 3.36. The van der Waals surface area contributed by atoms with Crippen LogP contribution in [0.25, 0.3) is 0 Å². The van der Waals surface area contributed by atoms with E-state index in [2.05, 4.69) is 26.6 Å². The number of hydrogen-bond acceptors (Lipinski definition) is 3. The van der Waals surface area contributed by atoms with Crippen LogP contribution in [-0.4, -0.2) is 18.4 Å². The molecule has 0 aliphatic rings. The number of thiophene rings is 1. The summed E-state index contributed by atoms with van der Waals surface area (Å²) >= 11 is 4.89. The van der Waals surface area contributed by atoms with Gasteiger partial charge in [-0.3, -0.25) is 9.59 Å². The zero-order valence-electron chi connectivity index (χ0n) is 12.6. The molecule has 128 valence electrons. The van der Waals surface area contributed by atoms with E-state index in [0.717, 1.165) is 20.8 Å². The summed E-state index contributed by atoms with van der Waals surface area (Å²) in [5.74, 6) is -2.40. The van der Waals surface area contributed by atoms with Crippen molar-refractivity contribution in [1.82, 2.24) is 10.6 Å². The Labute approximate surface area is 150 Å². The lowest BCUT2D eigenvalue weighted by Gasteiger charge is -2.07. The molecule has 0 saturated heterocycles. The first-order valence-corrected chi connectivity index (χ1v) is 8.81. The van der Waals surface area contributed by atoms with Gasteiger partial charge < -0.3 is 10.6 Å². The molecule has 0 radical (unpaired) electrons. The molecule has 8 heteroatoms. The van der Waals surface area contributed by atoms with Crippen LogP contribution in [0.1, 0.15) is 28.1 Å². The molecule has 1 aromatic carbocycles. The van der Waals surface area contributed by atoms with Gasteiger partial charge in [0.2, 0.25) is 5.91 Å². The van der Waals surface area contributed by atoms with E-state index >= 15 is 0 Å². The third-order valence-electron chi connectivity index (χ3n) is 3.13. The second-order valence-electron chi connectivity index (χ2n) is 4.97. The summed E-state index contributed by atoms with van der Waals surface area (Å²) in [6.07, 6.45) is 0.674. The average molecular weight is 417 g/mol. The lowest BCUT2D eigenvalue weighted by molar-refractivity contribution is -0.121. The largest absolute Gasteiger partial charge is 0.352 e. The van der Waals surface area contributed by atoms with Crippen LogP contribution in [0.3, 0.4) is 0 Å². The number of rotatable bonds is 7. The average Bonchev–Trinajstić information content (AvgIpc) is 2.95. The number of nitrogens with one attached hydrogen (secondary N) is 2. The summed E-state index contributed by atoms with van der Waals surface area (Å²) in [5, 5.41) is 5.29. The molecule has 0 fully saturated rings. The quantitative estimate of drug-likeness (QED) is 0.677. The molecule has 24 heavy (non-hydrogen) atoms. The first-order chi connectivity index (χ1) is 11.5. The highest BCUT2D eigenvalue weighted by molar-refractivity contribution is 9.11. The molecule has 0 saturated carbocycles. The molecule has 2 aromatic rings. The Kier molecular flexibility index (Phi) is 6.86. The monoisotopic (exact) mass is 416 g/mol. The van der Waals surface area contributed by atoms with Gasteiger partial charge in [0, 0.05) is 23.9 Å². The standard InChI is InChI=1S/C16H15BrF2N2O2S/c17-14-6-4-11(24-14)9-21-15(22)2-1-7-20-16(23)12-5-3-10(18)8-13(12)19/h3-6,8H,1-2,7,9H2,(H,20,23)(H,21,22). The molecule has 4 nitrogen and oxygen atoms in total. The third kappa shape index (κ3) is 5.68. The summed E-state index contributed by atoms with van der Waals surface area (Å²) in [5.41, 5.74) is -0.218. The Balaban J connectivity index is 1.66. The van der Waals surface area contributed by atoms with Gasteiger partial charge in [-0.05, 0) is 46.6 Å². The van der Waals surface area contributed by atoms with Gasteiger partial charge in [0.25, 0.3) is 5.91 Å². The van der Waals surface area contributed by atoms with E-state index in [-0.39, 0.29) is 24.4 Å². The molecule has 1 heterocycles. The lowest BCUT2D eigenvalue weighted by atomic mass is 10.2. The van der Waals surface area contributed by atoms with Crippen molar-refractivity contribution >= 4 is 39.1 Å². The smallest absolute Gasteiger partial charge is 0.254 e. The highest BCUT2D eigenvalue weighted by Crippen LogP contribution is 2.21. The van der Waals surface area contributed by atoms with Gasteiger partial charge in [-0.25, -0.2) is 8.78 Å². The first kappa shape index (κ1) is 18.5. The van der Waals surface area contributed by atoms with Gasteiger partial charge in [-0.2, -0.15) is 0 Å². The van der Waals surface area contributed by atoms with Crippen molar-refractivity contribution in [3.8, 4) is 0 Å². The van der Waals surface area contributed by atoms with E-state index in [1.54, 1.807) is 11.3 Å². The maximum absolute atomic E-state index is 13.4. The lowest BCUT2D eigenvalue weighted by Crippen LogP contribution is -2.27. The minimum Gasteiger partial charge on any atom is -0.352 e. The minimum atomic E-state index is -0.910. The number of halogens is 3. The second kappa shape index (κ2) is 8.89. The molecular weight excluding hydrogens is 402 g/mol. The van der Waals surface area contributed by atoms with Crippen molar-refractivity contribution in [3.63, 3.8) is 0 Å². The van der Waals surface area contributed by atoms with Crippen molar-refractivity contribution in [2.24, 2.45) is 0 Å². The third-order valence-corrected chi connectivity index (χ3v) is 4.75. The summed E-state index contributed by atoms with van der Waals surface area (Å²) in [7, 11) is 0. The highest BCUT2D eigenvalue weighted by atomic mass is 79.9. The van der Waals surface area contributed by atoms with Crippen LogP contribution in [0, 0.1) is 11.6 Å². The first-order valence-electron chi connectivity index (χ1n) is 7.20. The number of benzene rings is 1. The Morgan fingerprint density at radius 1 is 1.12 bits per heavy atom. The number of hydrogen-bond donors (Lipinski definition) is 2. The molecule has 0 bridgehead atoms. The molecule has 0 aliphatic carbocycles. The molecular formula is C16H15BrF2N2O2S. The van der Waals surface area contributed by atoms with E-state index in [1.165, 1.54) is 0 Å².